The normalized spacial score (nSPS) is 11.5. The predicted octanol–water partition coefficient (Wildman–Crippen LogP) is 4.57. The van der Waals surface area contributed by atoms with E-state index in [4.69, 9.17) is 0 Å². The molecule has 0 aliphatic heterocycles. The first kappa shape index (κ1) is 19.0. The Hall–Kier alpha value is -3.74. The van der Waals surface area contributed by atoms with Crippen molar-refractivity contribution < 1.29 is 9.72 Å². The molecule has 1 atom stereocenters. The van der Waals surface area contributed by atoms with Crippen molar-refractivity contribution in [3.63, 3.8) is 0 Å². The standard InChI is InChI=1S/C21H20N4O3/c1-15(16-10-12-22-13-11-16)24(2)21(26)17-8-9-19(20(14-17)25(27)28)23-18-6-4-3-5-7-18/h3-15,23H,1-2H3. The van der Waals surface area contributed by atoms with Gasteiger partial charge in [0, 0.05) is 36.8 Å². The van der Waals surface area contributed by atoms with E-state index in [2.05, 4.69) is 10.3 Å². The summed E-state index contributed by atoms with van der Waals surface area (Å²) in [6, 6.07) is 17.1. The topological polar surface area (TPSA) is 88.4 Å². The molecular weight excluding hydrogens is 356 g/mol. The van der Waals surface area contributed by atoms with Crippen LogP contribution in [0.1, 0.15) is 28.9 Å². The molecule has 1 aromatic heterocycles. The molecule has 0 fully saturated rings. The molecule has 0 aliphatic rings. The number of carbonyl (C=O) groups is 1. The minimum Gasteiger partial charge on any atom is -0.350 e. The number of nitrogens with zero attached hydrogens (tertiary/aromatic N) is 3. The van der Waals surface area contributed by atoms with Crippen LogP contribution in [-0.4, -0.2) is 27.8 Å². The Labute approximate surface area is 162 Å². The zero-order chi connectivity index (χ0) is 20.1. The highest BCUT2D eigenvalue weighted by atomic mass is 16.6. The van der Waals surface area contributed by atoms with Crippen LogP contribution in [0, 0.1) is 10.1 Å². The average Bonchev–Trinajstić information content (AvgIpc) is 2.73. The Morgan fingerprint density at radius 1 is 1.11 bits per heavy atom. The van der Waals surface area contributed by atoms with Gasteiger partial charge in [0.15, 0.2) is 0 Å². The molecule has 0 saturated carbocycles. The number of benzene rings is 2. The summed E-state index contributed by atoms with van der Waals surface area (Å²) in [6.07, 6.45) is 3.33. The summed E-state index contributed by atoms with van der Waals surface area (Å²) in [6.45, 7) is 1.90. The summed E-state index contributed by atoms with van der Waals surface area (Å²) in [5, 5.41) is 14.6. The Morgan fingerprint density at radius 2 is 1.79 bits per heavy atom. The number of anilines is 2. The average molecular weight is 376 g/mol. The molecular formula is C21H20N4O3. The molecule has 0 spiro atoms. The van der Waals surface area contributed by atoms with Gasteiger partial charge in [-0.2, -0.15) is 0 Å². The molecule has 0 radical (unpaired) electrons. The zero-order valence-corrected chi connectivity index (χ0v) is 15.6. The lowest BCUT2D eigenvalue weighted by Crippen LogP contribution is -2.29. The Kier molecular flexibility index (Phi) is 5.64. The first-order valence-electron chi connectivity index (χ1n) is 8.75. The molecule has 0 aliphatic carbocycles. The molecule has 1 heterocycles. The Balaban J connectivity index is 1.86. The van der Waals surface area contributed by atoms with Gasteiger partial charge in [0.2, 0.25) is 0 Å². The number of nitro groups is 1. The van der Waals surface area contributed by atoms with Crippen LogP contribution in [0.15, 0.2) is 73.1 Å². The number of hydrogen-bond acceptors (Lipinski definition) is 5. The molecule has 0 saturated heterocycles. The van der Waals surface area contributed by atoms with Crippen LogP contribution in [0.3, 0.4) is 0 Å². The number of hydrogen-bond donors (Lipinski definition) is 1. The van der Waals surface area contributed by atoms with Gasteiger partial charge in [-0.1, -0.05) is 18.2 Å². The second-order valence-electron chi connectivity index (χ2n) is 6.35. The van der Waals surface area contributed by atoms with Gasteiger partial charge >= 0.3 is 0 Å². The van der Waals surface area contributed by atoms with Crippen LogP contribution in [0.2, 0.25) is 0 Å². The predicted molar refractivity (Wildman–Crippen MR) is 108 cm³/mol. The first-order chi connectivity index (χ1) is 13.5. The number of carbonyl (C=O) groups excluding carboxylic acids is 1. The highest BCUT2D eigenvalue weighted by Gasteiger charge is 2.23. The third-order valence-corrected chi connectivity index (χ3v) is 4.58. The van der Waals surface area contributed by atoms with Crippen LogP contribution >= 0.6 is 0 Å². The SMILES string of the molecule is CC(c1ccncc1)N(C)C(=O)c1ccc(Nc2ccccc2)c([N+](=O)[O-])c1. The molecule has 3 rings (SSSR count). The van der Waals surface area contributed by atoms with E-state index in [9.17, 15) is 14.9 Å². The maximum absolute atomic E-state index is 12.9. The molecule has 28 heavy (non-hydrogen) atoms. The van der Waals surface area contributed by atoms with Gasteiger partial charge in [0.1, 0.15) is 5.69 Å². The second-order valence-corrected chi connectivity index (χ2v) is 6.35. The molecule has 1 amide bonds. The number of aromatic nitrogens is 1. The minimum absolute atomic E-state index is 0.153. The maximum Gasteiger partial charge on any atom is 0.293 e. The summed E-state index contributed by atoms with van der Waals surface area (Å²) in [5.74, 6) is -0.293. The van der Waals surface area contributed by atoms with Crippen molar-refractivity contribution in [1.29, 1.82) is 0 Å². The lowest BCUT2D eigenvalue weighted by Gasteiger charge is -2.25. The van der Waals surface area contributed by atoms with Gasteiger partial charge in [-0.3, -0.25) is 19.9 Å². The van der Waals surface area contributed by atoms with E-state index in [1.165, 1.54) is 6.07 Å². The van der Waals surface area contributed by atoms with Crippen LogP contribution in [-0.2, 0) is 0 Å². The fourth-order valence-corrected chi connectivity index (χ4v) is 2.84. The number of nitro benzene ring substituents is 1. The van der Waals surface area contributed by atoms with E-state index in [0.29, 0.717) is 5.69 Å². The molecule has 2 aromatic carbocycles. The smallest absolute Gasteiger partial charge is 0.293 e. The molecule has 1 unspecified atom stereocenters. The van der Waals surface area contributed by atoms with Crippen molar-refractivity contribution in [3.8, 4) is 0 Å². The van der Waals surface area contributed by atoms with E-state index in [1.807, 2.05) is 49.4 Å². The van der Waals surface area contributed by atoms with Crippen molar-refractivity contribution in [2.45, 2.75) is 13.0 Å². The lowest BCUT2D eigenvalue weighted by atomic mass is 10.1. The molecule has 0 bridgehead atoms. The second kappa shape index (κ2) is 8.30. The molecule has 7 heteroatoms. The first-order valence-corrected chi connectivity index (χ1v) is 8.75. The van der Waals surface area contributed by atoms with E-state index in [1.54, 1.807) is 36.5 Å². The van der Waals surface area contributed by atoms with Gasteiger partial charge in [-0.15, -0.1) is 0 Å². The zero-order valence-electron chi connectivity index (χ0n) is 15.6. The van der Waals surface area contributed by atoms with Crippen LogP contribution in [0.4, 0.5) is 17.1 Å². The number of rotatable bonds is 6. The highest BCUT2D eigenvalue weighted by Crippen LogP contribution is 2.30. The number of amides is 1. The van der Waals surface area contributed by atoms with Crippen LogP contribution in [0.25, 0.3) is 0 Å². The van der Waals surface area contributed by atoms with Crippen molar-refractivity contribution in [3.05, 3.63) is 94.3 Å². The third-order valence-electron chi connectivity index (χ3n) is 4.58. The van der Waals surface area contributed by atoms with Crippen molar-refractivity contribution in [1.82, 2.24) is 9.88 Å². The fourth-order valence-electron chi connectivity index (χ4n) is 2.84. The van der Waals surface area contributed by atoms with E-state index < -0.39 is 4.92 Å². The Bertz CT molecular complexity index is 977. The van der Waals surface area contributed by atoms with E-state index >= 15 is 0 Å². The van der Waals surface area contributed by atoms with E-state index in [-0.39, 0.29) is 23.2 Å². The van der Waals surface area contributed by atoms with Gasteiger partial charge in [-0.25, -0.2) is 0 Å². The maximum atomic E-state index is 12.9. The van der Waals surface area contributed by atoms with Crippen molar-refractivity contribution >= 4 is 23.0 Å². The van der Waals surface area contributed by atoms with Crippen molar-refractivity contribution in [2.75, 3.05) is 12.4 Å². The number of pyridine rings is 1. The summed E-state index contributed by atoms with van der Waals surface area (Å²) < 4.78 is 0. The Morgan fingerprint density at radius 3 is 2.43 bits per heavy atom. The van der Waals surface area contributed by atoms with Gasteiger partial charge in [0.05, 0.1) is 11.0 Å². The van der Waals surface area contributed by atoms with E-state index in [0.717, 1.165) is 11.3 Å². The van der Waals surface area contributed by atoms with Crippen LogP contribution in [0.5, 0.6) is 0 Å². The molecule has 142 valence electrons. The van der Waals surface area contributed by atoms with Crippen LogP contribution < -0.4 is 5.32 Å². The van der Waals surface area contributed by atoms with Gasteiger partial charge in [-0.05, 0) is 48.9 Å². The fraction of sp³-hybridized carbons (Fsp3) is 0.143. The lowest BCUT2D eigenvalue weighted by molar-refractivity contribution is -0.383. The largest absolute Gasteiger partial charge is 0.350 e. The summed E-state index contributed by atoms with van der Waals surface area (Å²) in [5.41, 5.74) is 2.10. The summed E-state index contributed by atoms with van der Waals surface area (Å²) in [7, 11) is 1.68. The van der Waals surface area contributed by atoms with Crippen molar-refractivity contribution in [2.24, 2.45) is 0 Å². The number of nitrogens with one attached hydrogen (secondary N) is 1. The molecule has 1 N–H and O–H groups in total. The minimum atomic E-state index is -0.492. The van der Waals surface area contributed by atoms with Gasteiger partial charge < -0.3 is 10.2 Å². The molecule has 7 nitrogen and oxygen atoms in total. The highest BCUT2D eigenvalue weighted by molar-refractivity contribution is 5.96. The molecule has 3 aromatic rings. The summed E-state index contributed by atoms with van der Waals surface area (Å²) >= 11 is 0. The number of para-hydroxylation sites is 1. The summed E-state index contributed by atoms with van der Waals surface area (Å²) in [4.78, 5) is 29.5. The quantitative estimate of drug-likeness (QED) is 0.503. The third kappa shape index (κ3) is 4.15. The van der Waals surface area contributed by atoms with Gasteiger partial charge in [0.25, 0.3) is 11.6 Å². The monoisotopic (exact) mass is 376 g/mol.